The number of unbranched alkanes of at least 4 members (excludes halogenated alkanes) is 2. The molecule has 0 bridgehead atoms. The smallest absolute Gasteiger partial charge is 0.303 e. The quantitative estimate of drug-likeness (QED) is 0.144. The SMILES string of the molecule is COc1ccc(-n2c(-c3ccccc3)nc3cc(NS(=O)(=O)c4ccc(F)cc4)c(OCCCCCC(=O)O)cc32)cc1. The van der Waals surface area contributed by atoms with Gasteiger partial charge in [-0.3, -0.25) is 14.1 Å². The Kier molecular flexibility index (Phi) is 8.91. The molecule has 0 aliphatic carbocycles. The first-order chi connectivity index (χ1) is 20.7. The molecule has 0 amide bonds. The van der Waals surface area contributed by atoms with Crippen molar-refractivity contribution in [3.63, 3.8) is 0 Å². The van der Waals surface area contributed by atoms with Crippen LogP contribution in [0.25, 0.3) is 28.1 Å². The summed E-state index contributed by atoms with van der Waals surface area (Å²) in [6.07, 6.45) is 1.78. The minimum absolute atomic E-state index is 0.0674. The van der Waals surface area contributed by atoms with Crippen LogP contribution in [0.15, 0.2) is 95.9 Å². The molecule has 0 atom stereocenters. The number of rotatable bonds is 13. The van der Waals surface area contributed by atoms with Gasteiger partial charge in [0.2, 0.25) is 0 Å². The molecule has 11 heteroatoms. The summed E-state index contributed by atoms with van der Waals surface area (Å²) in [6, 6.07) is 25.0. The molecule has 5 aromatic rings. The van der Waals surface area contributed by atoms with Gasteiger partial charge in [-0.1, -0.05) is 30.3 Å². The van der Waals surface area contributed by atoms with Crippen LogP contribution in [0.1, 0.15) is 25.7 Å². The molecule has 222 valence electrons. The number of carbonyl (C=O) groups is 1. The summed E-state index contributed by atoms with van der Waals surface area (Å²) in [5.74, 6) is 0.193. The molecular weight excluding hydrogens is 573 g/mol. The number of nitrogens with one attached hydrogen (secondary N) is 1. The van der Waals surface area contributed by atoms with Crippen molar-refractivity contribution in [1.29, 1.82) is 0 Å². The molecule has 1 aromatic heterocycles. The highest BCUT2D eigenvalue weighted by atomic mass is 32.2. The van der Waals surface area contributed by atoms with Crippen LogP contribution >= 0.6 is 0 Å². The standard InChI is InChI=1S/C32H30FN3O6S/c1-41-25-15-13-24(14-16-25)36-29-21-30(42-19-7-3-6-10-31(37)38)28(35-43(39,40)26-17-11-23(33)12-18-26)20-27(29)34-32(36)22-8-4-2-5-9-22/h2,4-5,8-9,11-18,20-21,35H,3,6-7,10,19H2,1H3,(H,37,38). The van der Waals surface area contributed by atoms with Crippen molar-refractivity contribution in [3.05, 3.63) is 96.8 Å². The van der Waals surface area contributed by atoms with Crippen molar-refractivity contribution in [2.75, 3.05) is 18.4 Å². The minimum atomic E-state index is -4.10. The predicted octanol–water partition coefficient (Wildman–Crippen LogP) is 6.66. The second-order valence-electron chi connectivity index (χ2n) is 9.78. The molecule has 5 rings (SSSR count). The number of hydrogen-bond donors (Lipinski definition) is 2. The summed E-state index contributed by atoms with van der Waals surface area (Å²) in [6.45, 7) is 0.235. The zero-order valence-corrected chi connectivity index (χ0v) is 24.2. The summed E-state index contributed by atoms with van der Waals surface area (Å²) in [4.78, 5) is 15.6. The highest BCUT2D eigenvalue weighted by Gasteiger charge is 2.22. The van der Waals surface area contributed by atoms with Gasteiger partial charge in [0, 0.05) is 23.7 Å². The van der Waals surface area contributed by atoms with Crippen LogP contribution in [0.3, 0.4) is 0 Å². The number of anilines is 1. The van der Waals surface area contributed by atoms with Crippen molar-refractivity contribution >= 4 is 32.7 Å². The lowest BCUT2D eigenvalue weighted by Gasteiger charge is -2.15. The van der Waals surface area contributed by atoms with E-state index in [0.717, 1.165) is 23.4 Å². The Morgan fingerprint density at radius 1 is 0.953 bits per heavy atom. The van der Waals surface area contributed by atoms with Crippen molar-refractivity contribution in [1.82, 2.24) is 9.55 Å². The molecule has 9 nitrogen and oxygen atoms in total. The maximum atomic E-state index is 13.5. The average Bonchev–Trinajstić information content (AvgIpc) is 3.37. The number of fused-ring (bicyclic) bond motifs is 1. The maximum absolute atomic E-state index is 13.5. The fourth-order valence-corrected chi connectivity index (χ4v) is 5.69. The maximum Gasteiger partial charge on any atom is 0.303 e. The van der Waals surface area contributed by atoms with Gasteiger partial charge in [0.1, 0.15) is 23.1 Å². The number of halogens is 1. The fourth-order valence-electron chi connectivity index (χ4n) is 4.63. The molecule has 1 heterocycles. The lowest BCUT2D eigenvalue weighted by atomic mass is 10.2. The Labute approximate surface area is 248 Å². The third kappa shape index (κ3) is 6.95. The highest BCUT2D eigenvalue weighted by Crippen LogP contribution is 2.37. The molecular formula is C32H30FN3O6S. The Bertz CT molecular complexity index is 1820. The first kappa shape index (κ1) is 29.6. The number of benzene rings is 4. The number of aromatic nitrogens is 2. The van der Waals surface area contributed by atoms with Gasteiger partial charge >= 0.3 is 5.97 Å². The van der Waals surface area contributed by atoms with Gasteiger partial charge in [-0.15, -0.1) is 0 Å². The van der Waals surface area contributed by atoms with E-state index in [0.29, 0.717) is 41.9 Å². The van der Waals surface area contributed by atoms with Crippen molar-refractivity contribution in [2.45, 2.75) is 30.6 Å². The number of sulfonamides is 1. The van der Waals surface area contributed by atoms with E-state index in [4.69, 9.17) is 19.6 Å². The molecule has 0 spiro atoms. The van der Waals surface area contributed by atoms with Gasteiger partial charge in [0.05, 0.1) is 35.3 Å². The van der Waals surface area contributed by atoms with Crippen LogP contribution in [-0.2, 0) is 14.8 Å². The molecule has 0 aliphatic heterocycles. The van der Waals surface area contributed by atoms with E-state index in [-0.39, 0.29) is 29.4 Å². The molecule has 0 aliphatic rings. The molecule has 2 N–H and O–H groups in total. The largest absolute Gasteiger partial charge is 0.497 e. The van der Waals surface area contributed by atoms with E-state index in [1.54, 1.807) is 19.2 Å². The normalized spacial score (nSPS) is 11.4. The highest BCUT2D eigenvalue weighted by molar-refractivity contribution is 7.92. The molecule has 4 aromatic carbocycles. The molecule has 0 saturated carbocycles. The number of imidazole rings is 1. The topological polar surface area (TPSA) is 120 Å². The van der Waals surface area contributed by atoms with Crippen molar-refractivity contribution in [3.8, 4) is 28.6 Å². The van der Waals surface area contributed by atoms with Gasteiger partial charge in [-0.2, -0.15) is 0 Å². The van der Waals surface area contributed by atoms with Crippen LogP contribution in [-0.4, -0.2) is 42.8 Å². The van der Waals surface area contributed by atoms with Gasteiger partial charge in [0.25, 0.3) is 10.0 Å². The van der Waals surface area contributed by atoms with Crippen LogP contribution in [0.2, 0.25) is 0 Å². The van der Waals surface area contributed by atoms with Gasteiger partial charge < -0.3 is 14.6 Å². The van der Waals surface area contributed by atoms with E-state index >= 15 is 0 Å². The lowest BCUT2D eigenvalue weighted by Crippen LogP contribution is -2.14. The second kappa shape index (κ2) is 13.0. The Balaban J connectivity index is 1.60. The number of carboxylic acids is 1. The molecule has 43 heavy (non-hydrogen) atoms. The first-order valence-corrected chi connectivity index (χ1v) is 15.1. The average molecular weight is 604 g/mol. The number of hydrogen-bond acceptors (Lipinski definition) is 6. The molecule has 0 radical (unpaired) electrons. The van der Waals surface area contributed by atoms with Gasteiger partial charge in [0.15, 0.2) is 0 Å². The van der Waals surface area contributed by atoms with Gasteiger partial charge in [-0.05, 0) is 73.9 Å². The van der Waals surface area contributed by atoms with Crippen LogP contribution in [0, 0.1) is 5.82 Å². The molecule has 0 fully saturated rings. The summed E-state index contributed by atoms with van der Waals surface area (Å²) in [5, 5.41) is 8.90. The Morgan fingerprint density at radius 2 is 1.67 bits per heavy atom. The number of carboxylic acid groups (broad SMARTS) is 1. The summed E-state index contributed by atoms with van der Waals surface area (Å²) >= 11 is 0. The third-order valence-corrected chi connectivity index (χ3v) is 8.16. The summed E-state index contributed by atoms with van der Waals surface area (Å²) in [7, 11) is -2.50. The first-order valence-electron chi connectivity index (χ1n) is 13.6. The molecule has 0 saturated heterocycles. The number of ether oxygens (including phenoxy) is 2. The van der Waals surface area contributed by atoms with E-state index < -0.39 is 21.8 Å². The van der Waals surface area contributed by atoms with Crippen molar-refractivity contribution in [2.24, 2.45) is 0 Å². The second-order valence-corrected chi connectivity index (χ2v) is 11.5. The van der Waals surface area contributed by atoms with E-state index in [9.17, 15) is 17.6 Å². The Morgan fingerprint density at radius 3 is 2.35 bits per heavy atom. The predicted molar refractivity (Wildman–Crippen MR) is 162 cm³/mol. The van der Waals surface area contributed by atoms with Crippen molar-refractivity contribution < 1.29 is 32.2 Å². The van der Waals surface area contributed by atoms with Crippen LogP contribution in [0.4, 0.5) is 10.1 Å². The zero-order valence-electron chi connectivity index (χ0n) is 23.4. The van der Waals surface area contributed by atoms with Gasteiger partial charge in [-0.25, -0.2) is 17.8 Å². The van der Waals surface area contributed by atoms with Crippen LogP contribution < -0.4 is 14.2 Å². The minimum Gasteiger partial charge on any atom is -0.497 e. The van der Waals surface area contributed by atoms with Crippen LogP contribution in [0.5, 0.6) is 11.5 Å². The van der Waals surface area contributed by atoms with E-state index in [2.05, 4.69) is 4.72 Å². The summed E-state index contributed by atoms with van der Waals surface area (Å²) < 4.78 is 56.0. The fraction of sp³-hybridized carbons (Fsp3) is 0.188. The molecule has 0 unspecified atom stereocenters. The number of methoxy groups -OCH3 is 1. The monoisotopic (exact) mass is 603 g/mol. The van der Waals surface area contributed by atoms with E-state index in [1.807, 2.05) is 59.2 Å². The summed E-state index contributed by atoms with van der Waals surface area (Å²) in [5.41, 5.74) is 3.02. The Hall–Kier alpha value is -4.90. The van der Waals surface area contributed by atoms with E-state index in [1.165, 1.54) is 12.1 Å². The lowest BCUT2D eigenvalue weighted by molar-refractivity contribution is -0.137. The number of nitrogens with zero attached hydrogens (tertiary/aromatic N) is 2. The number of aliphatic carboxylic acids is 1. The zero-order chi connectivity index (χ0) is 30.4. The third-order valence-electron chi connectivity index (χ3n) is 6.78.